The van der Waals surface area contributed by atoms with Crippen molar-refractivity contribution in [3.05, 3.63) is 34.6 Å². The minimum Gasteiger partial charge on any atom is -0.379 e. The smallest absolute Gasteiger partial charge is 0.253 e. The molecule has 1 spiro atoms. The van der Waals surface area contributed by atoms with Crippen molar-refractivity contribution < 1.29 is 18.7 Å². The van der Waals surface area contributed by atoms with Gasteiger partial charge in [-0.3, -0.25) is 4.79 Å². The van der Waals surface area contributed by atoms with Crippen LogP contribution in [0.5, 0.6) is 0 Å². The molecule has 1 amide bonds. The van der Waals surface area contributed by atoms with Gasteiger partial charge >= 0.3 is 0 Å². The highest BCUT2D eigenvalue weighted by molar-refractivity contribution is 6.31. The highest BCUT2D eigenvalue weighted by atomic mass is 35.5. The van der Waals surface area contributed by atoms with Crippen molar-refractivity contribution in [2.45, 2.75) is 32.3 Å². The van der Waals surface area contributed by atoms with Crippen LogP contribution in [0.25, 0.3) is 0 Å². The number of nitrogens with zero attached hydrogens (tertiary/aromatic N) is 1. The van der Waals surface area contributed by atoms with Crippen molar-refractivity contribution in [2.75, 3.05) is 32.9 Å². The lowest BCUT2D eigenvalue weighted by molar-refractivity contribution is 0.0159. The summed E-state index contributed by atoms with van der Waals surface area (Å²) >= 11 is 5.78. The summed E-state index contributed by atoms with van der Waals surface area (Å²) in [4.78, 5) is 14.4. The topological polar surface area (TPSA) is 38.8 Å². The molecule has 0 radical (unpaired) electrons. The second-order valence-corrected chi connectivity index (χ2v) is 7.12. The minimum atomic E-state index is -0.505. The zero-order valence-electron chi connectivity index (χ0n) is 13.9. The molecule has 1 aromatic rings. The number of likely N-dealkylation sites (tertiary alicyclic amines) is 1. The Morgan fingerprint density at radius 1 is 1.46 bits per heavy atom. The molecule has 0 saturated carbocycles. The summed E-state index contributed by atoms with van der Waals surface area (Å²) in [7, 11) is 0. The monoisotopic (exact) mass is 355 g/mol. The van der Waals surface area contributed by atoms with E-state index in [-0.39, 0.29) is 22.4 Å². The zero-order chi connectivity index (χ0) is 17.2. The van der Waals surface area contributed by atoms with Crippen molar-refractivity contribution >= 4 is 17.5 Å². The van der Waals surface area contributed by atoms with Crippen LogP contribution in [0.4, 0.5) is 4.39 Å². The SMILES string of the molecule is CCOCC1CC2(CCN(C(=O)c3ccc(F)c(Cl)c3)CC2)CO1. The van der Waals surface area contributed by atoms with E-state index in [1.807, 2.05) is 11.8 Å². The molecule has 24 heavy (non-hydrogen) atoms. The summed E-state index contributed by atoms with van der Waals surface area (Å²) in [6.07, 6.45) is 3.02. The number of piperidine rings is 1. The van der Waals surface area contributed by atoms with E-state index in [2.05, 4.69) is 0 Å². The molecule has 1 unspecified atom stereocenters. The highest BCUT2D eigenvalue weighted by Gasteiger charge is 2.43. The van der Waals surface area contributed by atoms with Crippen molar-refractivity contribution in [3.63, 3.8) is 0 Å². The van der Waals surface area contributed by atoms with Crippen molar-refractivity contribution in [1.82, 2.24) is 4.90 Å². The van der Waals surface area contributed by atoms with E-state index in [9.17, 15) is 9.18 Å². The number of carbonyl (C=O) groups excluding carboxylic acids is 1. The molecule has 0 aromatic heterocycles. The molecule has 132 valence electrons. The largest absolute Gasteiger partial charge is 0.379 e. The second kappa shape index (κ2) is 7.38. The fraction of sp³-hybridized carbons (Fsp3) is 0.611. The number of hydrogen-bond donors (Lipinski definition) is 0. The van der Waals surface area contributed by atoms with Gasteiger partial charge in [0.25, 0.3) is 5.91 Å². The lowest BCUT2D eigenvalue weighted by atomic mass is 9.76. The lowest BCUT2D eigenvalue weighted by Gasteiger charge is -2.38. The third kappa shape index (κ3) is 3.73. The van der Waals surface area contributed by atoms with Crippen LogP contribution in [0.1, 0.15) is 36.5 Å². The molecule has 6 heteroatoms. The maximum absolute atomic E-state index is 13.2. The average molecular weight is 356 g/mol. The standard InChI is InChI=1S/C18H23ClFNO3/c1-2-23-11-14-10-18(12-24-14)5-7-21(8-6-18)17(22)13-3-4-16(20)15(19)9-13/h3-4,9,14H,2,5-8,10-12H2,1H3. The zero-order valence-corrected chi connectivity index (χ0v) is 14.7. The molecule has 1 aromatic carbocycles. The molecule has 0 N–H and O–H groups in total. The van der Waals surface area contributed by atoms with E-state index in [0.29, 0.717) is 31.9 Å². The van der Waals surface area contributed by atoms with Crippen LogP contribution in [0.2, 0.25) is 5.02 Å². The van der Waals surface area contributed by atoms with E-state index in [1.165, 1.54) is 18.2 Å². The maximum atomic E-state index is 13.2. The normalized spacial score (nSPS) is 23.0. The van der Waals surface area contributed by atoms with Gasteiger partial charge in [-0.05, 0) is 49.8 Å². The first kappa shape index (κ1) is 17.6. The Bertz CT molecular complexity index is 602. The van der Waals surface area contributed by atoms with Gasteiger partial charge in [-0.1, -0.05) is 11.6 Å². The summed E-state index contributed by atoms with van der Waals surface area (Å²) < 4.78 is 24.6. The summed E-state index contributed by atoms with van der Waals surface area (Å²) in [5.41, 5.74) is 0.605. The van der Waals surface area contributed by atoms with Gasteiger partial charge in [-0.15, -0.1) is 0 Å². The van der Waals surface area contributed by atoms with Crippen molar-refractivity contribution in [3.8, 4) is 0 Å². The Hall–Kier alpha value is -1.17. The summed E-state index contributed by atoms with van der Waals surface area (Å²) in [6.45, 7) is 5.47. The predicted molar refractivity (Wildman–Crippen MR) is 89.8 cm³/mol. The first-order valence-corrected chi connectivity index (χ1v) is 8.84. The lowest BCUT2D eigenvalue weighted by Crippen LogP contribution is -2.43. The molecule has 2 heterocycles. The number of ether oxygens (including phenoxy) is 2. The van der Waals surface area contributed by atoms with Gasteiger partial charge in [-0.2, -0.15) is 0 Å². The van der Waals surface area contributed by atoms with Gasteiger partial charge < -0.3 is 14.4 Å². The van der Waals surface area contributed by atoms with Gasteiger partial charge in [0.1, 0.15) is 5.82 Å². The first-order valence-electron chi connectivity index (χ1n) is 8.47. The predicted octanol–water partition coefficient (Wildman–Crippen LogP) is 3.53. The van der Waals surface area contributed by atoms with E-state index < -0.39 is 5.82 Å². The molecule has 2 saturated heterocycles. The highest BCUT2D eigenvalue weighted by Crippen LogP contribution is 2.42. The van der Waals surface area contributed by atoms with Crippen molar-refractivity contribution in [1.29, 1.82) is 0 Å². The maximum Gasteiger partial charge on any atom is 0.253 e. The minimum absolute atomic E-state index is 0.0164. The van der Waals surface area contributed by atoms with Gasteiger partial charge in [-0.25, -0.2) is 4.39 Å². The number of amides is 1. The molecule has 0 bridgehead atoms. The van der Waals surface area contributed by atoms with E-state index in [1.54, 1.807) is 0 Å². The van der Waals surface area contributed by atoms with Crippen LogP contribution in [0, 0.1) is 11.2 Å². The first-order chi connectivity index (χ1) is 11.5. The number of halogens is 2. The van der Waals surface area contributed by atoms with Crippen LogP contribution < -0.4 is 0 Å². The van der Waals surface area contributed by atoms with Crippen LogP contribution in [0.3, 0.4) is 0 Å². The summed E-state index contributed by atoms with van der Waals surface area (Å²) in [6, 6.07) is 4.13. The summed E-state index contributed by atoms with van der Waals surface area (Å²) in [5, 5.41) is -0.0164. The Kier molecular flexibility index (Phi) is 5.42. The van der Waals surface area contributed by atoms with E-state index in [4.69, 9.17) is 21.1 Å². The van der Waals surface area contributed by atoms with E-state index >= 15 is 0 Å². The molecule has 3 rings (SSSR count). The molecular formula is C18H23ClFNO3. The molecule has 2 aliphatic heterocycles. The number of hydrogen-bond acceptors (Lipinski definition) is 3. The Balaban J connectivity index is 1.57. The second-order valence-electron chi connectivity index (χ2n) is 6.72. The number of carbonyl (C=O) groups is 1. The Morgan fingerprint density at radius 2 is 2.21 bits per heavy atom. The van der Waals surface area contributed by atoms with Gasteiger partial charge in [0.2, 0.25) is 0 Å². The van der Waals surface area contributed by atoms with Gasteiger partial charge in [0, 0.05) is 25.3 Å². The van der Waals surface area contributed by atoms with Crippen LogP contribution in [-0.4, -0.2) is 49.8 Å². The van der Waals surface area contributed by atoms with Crippen LogP contribution in [-0.2, 0) is 9.47 Å². The molecule has 4 nitrogen and oxygen atoms in total. The average Bonchev–Trinajstić information content (AvgIpc) is 2.98. The number of rotatable bonds is 4. The Labute approximate surface area is 146 Å². The van der Waals surface area contributed by atoms with E-state index in [0.717, 1.165) is 25.9 Å². The third-order valence-corrected chi connectivity index (χ3v) is 5.36. The van der Waals surface area contributed by atoms with Gasteiger partial charge in [0.05, 0.1) is 24.3 Å². The molecule has 2 aliphatic rings. The molecule has 2 fully saturated rings. The molecule has 0 aliphatic carbocycles. The van der Waals surface area contributed by atoms with Crippen LogP contribution in [0.15, 0.2) is 18.2 Å². The quantitative estimate of drug-likeness (QED) is 0.829. The third-order valence-electron chi connectivity index (χ3n) is 5.07. The van der Waals surface area contributed by atoms with Crippen LogP contribution >= 0.6 is 11.6 Å². The van der Waals surface area contributed by atoms with Gasteiger partial charge in [0.15, 0.2) is 0 Å². The Morgan fingerprint density at radius 3 is 2.88 bits per heavy atom. The fourth-order valence-corrected chi connectivity index (χ4v) is 3.78. The summed E-state index contributed by atoms with van der Waals surface area (Å²) in [5.74, 6) is -0.592. The molecular weight excluding hydrogens is 333 g/mol. The number of benzene rings is 1. The molecule has 1 atom stereocenters. The van der Waals surface area contributed by atoms with Crippen molar-refractivity contribution in [2.24, 2.45) is 5.41 Å². The fourth-order valence-electron chi connectivity index (χ4n) is 3.60.